The molecule has 0 aliphatic carbocycles. The Balaban J connectivity index is 2.04. The summed E-state index contributed by atoms with van der Waals surface area (Å²) in [5, 5.41) is 3.98. The van der Waals surface area contributed by atoms with Crippen LogP contribution in [0.4, 0.5) is 5.13 Å². The van der Waals surface area contributed by atoms with Gasteiger partial charge in [0.2, 0.25) is 5.91 Å². The number of likely N-dealkylation sites (N-methyl/N-ethyl adjacent to an activating group) is 1. The van der Waals surface area contributed by atoms with Gasteiger partial charge in [0.25, 0.3) is 0 Å². The number of aromatic nitrogens is 1. The Morgan fingerprint density at radius 1 is 1.58 bits per heavy atom. The minimum atomic E-state index is -0.362. The highest BCUT2D eigenvalue weighted by molar-refractivity contribution is 7.17. The Labute approximate surface area is 115 Å². The average Bonchev–Trinajstić information content (AvgIpc) is 2.74. The van der Waals surface area contributed by atoms with Crippen molar-refractivity contribution in [2.45, 2.75) is 25.8 Å². The quantitative estimate of drug-likeness (QED) is 0.846. The number of thiazole rings is 1. The maximum atomic E-state index is 11.5. The zero-order valence-electron chi connectivity index (χ0n) is 11.2. The number of hydrogen-bond donors (Lipinski definition) is 1. The van der Waals surface area contributed by atoms with E-state index in [0.717, 1.165) is 6.42 Å². The number of ether oxygens (including phenoxy) is 1. The van der Waals surface area contributed by atoms with Crippen molar-refractivity contribution in [2.24, 2.45) is 0 Å². The molecule has 1 saturated heterocycles. The van der Waals surface area contributed by atoms with Crippen molar-refractivity contribution >= 4 is 28.3 Å². The highest BCUT2D eigenvalue weighted by Gasteiger charge is 2.24. The number of likely N-dealkylation sites (tertiary alicyclic amines) is 1. The number of esters is 1. The topological polar surface area (TPSA) is 71.5 Å². The molecule has 1 N–H and O–H groups in total. The van der Waals surface area contributed by atoms with Crippen LogP contribution in [-0.4, -0.2) is 48.5 Å². The average molecular weight is 283 g/mol. The zero-order chi connectivity index (χ0) is 14.0. The fraction of sp³-hybridized carbons (Fsp3) is 0.583. The third kappa shape index (κ3) is 3.04. The Morgan fingerprint density at radius 2 is 2.32 bits per heavy atom. The molecule has 6 nitrogen and oxygen atoms in total. The van der Waals surface area contributed by atoms with E-state index < -0.39 is 0 Å². The van der Waals surface area contributed by atoms with Crippen molar-refractivity contribution in [2.75, 3.05) is 26.0 Å². The van der Waals surface area contributed by atoms with Crippen molar-refractivity contribution in [3.05, 3.63) is 10.6 Å². The second kappa shape index (κ2) is 5.56. The number of methoxy groups -OCH3 is 1. The first-order chi connectivity index (χ1) is 9.01. The first-order valence-corrected chi connectivity index (χ1v) is 6.89. The van der Waals surface area contributed by atoms with E-state index in [1.165, 1.54) is 18.4 Å². The van der Waals surface area contributed by atoms with Crippen molar-refractivity contribution in [1.29, 1.82) is 0 Å². The minimum absolute atomic E-state index is 0.170. The molecule has 19 heavy (non-hydrogen) atoms. The maximum absolute atomic E-state index is 11.5. The summed E-state index contributed by atoms with van der Waals surface area (Å²) in [6.07, 6.45) is 1.33. The molecule has 0 bridgehead atoms. The van der Waals surface area contributed by atoms with Gasteiger partial charge in [-0.05, 0) is 13.3 Å². The van der Waals surface area contributed by atoms with Crippen molar-refractivity contribution in [1.82, 2.24) is 9.88 Å². The molecule has 1 aliphatic rings. The number of carbonyl (C=O) groups excluding carboxylic acids is 2. The first kappa shape index (κ1) is 13.8. The summed E-state index contributed by atoms with van der Waals surface area (Å²) >= 11 is 1.29. The Kier molecular flexibility index (Phi) is 4.04. The highest BCUT2D eigenvalue weighted by Crippen LogP contribution is 2.25. The normalized spacial score (nSPS) is 19.4. The number of carbonyl (C=O) groups is 2. The molecule has 0 spiro atoms. The summed E-state index contributed by atoms with van der Waals surface area (Å²) in [6.45, 7) is 2.44. The van der Waals surface area contributed by atoms with Crippen LogP contribution in [0.1, 0.15) is 28.2 Å². The van der Waals surface area contributed by atoms with E-state index in [0.29, 0.717) is 28.7 Å². The highest BCUT2D eigenvalue weighted by atomic mass is 32.1. The summed E-state index contributed by atoms with van der Waals surface area (Å²) < 4.78 is 4.70. The molecule has 2 rings (SSSR count). The lowest BCUT2D eigenvalue weighted by molar-refractivity contribution is -0.132. The van der Waals surface area contributed by atoms with Crippen molar-refractivity contribution < 1.29 is 14.3 Å². The maximum Gasteiger partial charge on any atom is 0.350 e. The van der Waals surface area contributed by atoms with Gasteiger partial charge in [-0.3, -0.25) is 4.79 Å². The lowest BCUT2D eigenvalue weighted by Crippen LogP contribution is -2.43. The molecule has 1 fully saturated rings. The van der Waals surface area contributed by atoms with Crippen LogP contribution >= 0.6 is 11.3 Å². The van der Waals surface area contributed by atoms with E-state index in [9.17, 15) is 9.59 Å². The fourth-order valence-corrected chi connectivity index (χ4v) is 3.01. The van der Waals surface area contributed by atoms with Crippen LogP contribution < -0.4 is 5.32 Å². The molecule has 2 heterocycles. The molecule has 1 aromatic heterocycles. The van der Waals surface area contributed by atoms with Crippen LogP contribution in [0.15, 0.2) is 0 Å². The predicted molar refractivity (Wildman–Crippen MR) is 72.5 cm³/mol. The SMILES string of the molecule is COC(=O)c1sc(NC2CCC(=O)N(C)C2)nc1C. The number of nitrogens with one attached hydrogen (secondary N) is 1. The zero-order valence-corrected chi connectivity index (χ0v) is 12.0. The van der Waals surface area contributed by atoms with E-state index in [-0.39, 0.29) is 17.9 Å². The van der Waals surface area contributed by atoms with Crippen LogP contribution in [0.2, 0.25) is 0 Å². The van der Waals surface area contributed by atoms with Gasteiger partial charge >= 0.3 is 5.97 Å². The summed E-state index contributed by atoms with van der Waals surface area (Å²) in [5.41, 5.74) is 0.666. The minimum Gasteiger partial charge on any atom is -0.465 e. The Hall–Kier alpha value is -1.63. The van der Waals surface area contributed by atoms with Gasteiger partial charge in [-0.2, -0.15) is 0 Å². The summed E-state index contributed by atoms with van der Waals surface area (Å²) in [5.74, 6) is -0.192. The second-order valence-corrected chi connectivity index (χ2v) is 5.58. The lowest BCUT2D eigenvalue weighted by atomic mass is 10.1. The first-order valence-electron chi connectivity index (χ1n) is 6.07. The van der Waals surface area contributed by atoms with Crippen molar-refractivity contribution in [3.63, 3.8) is 0 Å². The number of anilines is 1. The van der Waals surface area contributed by atoms with Crippen LogP contribution in [0, 0.1) is 6.92 Å². The van der Waals surface area contributed by atoms with Crippen LogP contribution in [-0.2, 0) is 9.53 Å². The molecule has 0 saturated carbocycles. The molecule has 1 aliphatic heterocycles. The summed E-state index contributed by atoms with van der Waals surface area (Å²) in [4.78, 5) is 29.5. The number of piperidine rings is 1. The van der Waals surface area contributed by atoms with E-state index in [2.05, 4.69) is 10.3 Å². The van der Waals surface area contributed by atoms with Gasteiger partial charge < -0.3 is 15.0 Å². The third-order valence-corrected chi connectivity index (χ3v) is 4.19. The van der Waals surface area contributed by atoms with Crippen molar-refractivity contribution in [3.8, 4) is 0 Å². The standard InChI is InChI=1S/C12H17N3O3S/c1-7-10(11(17)18-3)19-12(13-7)14-8-4-5-9(16)15(2)6-8/h8H,4-6H2,1-3H3,(H,13,14). The molecule has 1 unspecified atom stereocenters. The van der Waals surface area contributed by atoms with E-state index in [4.69, 9.17) is 4.74 Å². The van der Waals surface area contributed by atoms with E-state index in [1.807, 2.05) is 0 Å². The molecular weight excluding hydrogens is 266 g/mol. The van der Waals surface area contributed by atoms with Gasteiger partial charge in [-0.1, -0.05) is 11.3 Å². The molecule has 1 amide bonds. The van der Waals surface area contributed by atoms with Gasteiger partial charge in [0, 0.05) is 26.1 Å². The summed E-state index contributed by atoms with van der Waals surface area (Å²) in [7, 11) is 3.15. The molecule has 7 heteroatoms. The number of hydrogen-bond acceptors (Lipinski definition) is 6. The van der Waals surface area contributed by atoms with Gasteiger partial charge in [0.05, 0.1) is 12.8 Å². The number of aryl methyl sites for hydroxylation is 1. The molecular formula is C12H17N3O3S. The molecule has 1 aromatic rings. The lowest BCUT2D eigenvalue weighted by Gasteiger charge is -2.29. The second-order valence-electron chi connectivity index (χ2n) is 4.58. The third-order valence-electron chi connectivity index (χ3n) is 3.12. The van der Waals surface area contributed by atoms with E-state index in [1.54, 1.807) is 18.9 Å². The van der Waals surface area contributed by atoms with Crippen LogP contribution in [0.5, 0.6) is 0 Å². The predicted octanol–water partition coefficient (Wildman–Crippen LogP) is 1.27. The number of amides is 1. The van der Waals surface area contributed by atoms with E-state index >= 15 is 0 Å². The van der Waals surface area contributed by atoms with Gasteiger partial charge in [0.1, 0.15) is 4.88 Å². The van der Waals surface area contributed by atoms with Crippen LogP contribution in [0.25, 0.3) is 0 Å². The molecule has 1 atom stereocenters. The number of nitrogens with zero attached hydrogens (tertiary/aromatic N) is 2. The monoisotopic (exact) mass is 283 g/mol. The Morgan fingerprint density at radius 3 is 2.95 bits per heavy atom. The number of rotatable bonds is 3. The molecule has 0 aromatic carbocycles. The molecule has 104 valence electrons. The van der Waals surface area contributed by atoms with Gasteiger partial charge in [-0.15, -0.1) is 0 Å². The van der Waals surface area contributed by atoms with Crippen LogP contribution in [0.3, 0.4) is 0 Å². The van der Waals surface area contributed by atoms with Gasteiger partial charge in [0.15, 0.2) is 5.13 Å². The fourth-order valence-electron chi connectivity index (χ4n) is 2.04. The molecule has 0 radical (unpaired) electrons. The smallest absolute Gasteiger partial charge is 0.350 e. The van der Waals surface area contributed by atoms with Gasteiger partial charge in [-0.25, -0.2) is 9.78 Å². The largest absolute Gasteiger partial charge is 0.465 e. The Bertz CT molecular complexity index is 500. The summed E-state index contributed by atoms with van der Waals surface area (Å²) in [6, 6.07) is 0.179.